The zero-order valence-corrected chi connectivity index (χ0v) is 12.9. The molecule has 6 nitrogen and oxygen atoms in total. The van der Waals surface area contributed by atoms with Gasteiger partial charge < -0.3 is 19.5 Å². The fourth-order valence-electron chi connectivity index (χ4n) is 3.75. The van der Waals surface area contributed by atoms with Gasteiger partial charge in [-0.25, -0.2) is 0 Å². The molecule has 0 radical (unpaired) electrons. The van der Waals surface area contributed by atoms with Crippen molar-refractivity contribution in [1.82, 2.24) is 4.90 Å². The van der Waals surface area contributed by atoms with Crippen molar-refractivity contribution < 1.29 is 24.2 Å². The van der Waals surface area contributed by atoms with Crippen LogP contribution in [0.5, 0.6) is 11.5 Å². The lowest BCUT2D eigenvalue weighted by atomic mass is 9.73. The Balaban J connectivity index is 1.72. The zero-order valence-electron chi connectivity index (χ0n) is 12.9. The highest BCUT2D eigenvalue weighted by atomic mass is 16.5. The molecule has 2 fully saturated rings. The molecule has 23 heavy (non-hydrogen) atoms. The van der Waals surface area contributed by atoms with Crippen molar-refractivity contribution in [3.05, 3.63) is 23.8 Å². The number of likely N-dealkylation sites (tertiary alicyclic amines) is 1. The molecule has 0 aromatic heterocycles. The van der Waals surface area contributed by atoms with E-state index in [1.165, 1.54) is 0 Å². The van der Waals surface area contributed by atoms with Crippen molar-refractivity contribution in [1.29, 1.82) is 0 Å². The summed E-state index contributed by atoms with van der Waals surface area (Å²) >= 11 is 0. The van der Waals surface area contributed by atoms with Gasteiger partial charge in [-0.3, -0.25) is 9.59 Å². The Morgan fingerprint density at radius 1 is 1.39 bits per heavy atom. The fourth-order valence-corrected chi connectivity index (χ4v) is 3.75. The van der Waals surface area contributed by atoms with E-state index >= 15 is 0 Å². The van der Waals surface area contributed by atoms with Crippen molar-refractivity contribution in [3.8, 4) is 11.5 Å². The highest BCUT2D eigenvalue weighted by molar-refractivity contribution is 5.85. The third-order valence-electron chi connectivity index (χ3n) is 5.29. The summed E-state index contributed by atoms with van der Waals surface area (Å²) in [6, 6.07) is 5.46. The topological polar surface area (TPSA) is 76.1 Å². The van der Waals surface area contributed by atoms with Crippen molar-refractivity contribution in [2.75, 3.05) is 26.8 Å². The number of hydrogen-bond acceptors (Lipinski definition) is 4. The average Bonchev–Trinajstić information content (AvgIpc) is 3.32. The van der Waals surface area contributed by atoms with Crippen LogP contribution in [0, 0.1) is 11.3 Å². The van der Waals surface area contributed by atoms with Crippen LogP contribution in [-0.2, 0) is 9.59 Å². The van der Waals surface area contributed by atoms with E-state index in [-0.39, 0.29) is 30.9 Å². The summed E-state index contributed by atoms with van der Waals surface area (Å²) in [5, 5.41) is 9.84. The first-order chi connectivity index (χ1) is 11.0. The Morgan fingerprint density at radius 3 is 2.83 bits per heavy atom. The molecule has 0 bridgehead atoms. The number of methoxy groups -OCH3 is 1. The molecular formula is C17H19NO5. The summed E-state index contributed by atoms with van der Waals surface area (Å²) in [5.41, 5.74) is -0.197. The molecule has 2 atom stereocenters. The summed E-state index contributed by atoms with van der Waals surface area (Å²) in [6.07, 6.45) is 1.84. The van der Waals surface area contributed by atoms with Crippen LogP contribution in [0.2, 0.25) is 0 Å². The van der Waals surface area contributed by atoms with Gasteiger partial charge in [0.2, 0.25) is 5.91 Å². The third-order valence-corrected chi connectivity index (χ3v) is 5.29. The van der Waals surface area contributed by atoms with Gasteiger partial charge in [0.25, 0.3) is 0 Å². The highest BCUT2D eigenvalue weighted by Crippen LogP contribution is 2.51. The summed E-state index contributed by atoms with van der Waals surface area (Å²) in [6.45, 7) is 0.764. The molecule has 2 heterocycles. The Labute approximate surface area is 134 Å². The average molecular weight is 317 g/mol. The maximum atomic E-state index is 12.4. The van der Waals surface area contributed by atoms with Gasteiger partial charge in [0.15, 0.2) is 0 Å². The Morgan fingerprint density at radius 2 is 2.17 bits per heavy atom. The lowest BCUT2D eigenvalue weighted by Gasteiger charge is -2.35. The van der Waals surface area contributed by atoms with E-state index in [0.717, 1.165) is 18.4 Å². The van der Waals surface area contributed by atoms with E-state index in [1.807, 2.05) is 12.1 Å². The SMILES string of the molecule is COc1ccc2c(c1)OC[C@]1(C(=O)O)CN(C(=O)C3CC3)C[C@H]21. The van der Waals surface area contributed by atoms with E-state index in [4.69, 9.17) is 9.47 Å². The van der Waals surface area contributed by atoms with Crippen molar-refractivity contribution >= 4 is 11.9 Å². The Bertz CT molecular complexity index is 684. The molecule has 1 aromatic rings. The number of benzene rings is 1. The number of carbonyl (C=O) groups is 2. The minimum atomic E-state index is -1.05. The van der Waals surface area contributed by atoms with Crippen LogP contribution in [0.3, 0.4) is 0 Å². The van der Waals surface area contributed by atoms with Crippen LogP contribution in [0.1, 0.15) is 24.3 Å². The first-order valence-corrected chi connectivity index (χ1v) is 7.88. The molecule has 1 saturated heterocycles. The minimum Gasteiger partial charge on any atom is -0.497 e. The second-order valence-electron chi connectivity index (χ2n) is 6.70. The number of hydrogen-bond donors (Lipinski definition) is 1. The normalized spacial score (nSPS) is 28.6. The molecule has 0 unspecified atom stereocenters. The number of fused-ring (bicyclic) bond motifs is 3. The van der Waals surface area contributed by atoms with Crippen LogP contribution in [0.25, 0.3) is 0 Å². The van der Waals surface area contributed by atoms with Crippen LogP contribution in [-0.4, -0.2) is 48.7 Å². The largest absolute Gasteiger partial charge is 0.497 e. The van der Waals surface area contributed by atoms with Crippen LogP contribution >= 0.6 is 0 Å². The van der Waals surface area contributed by atoms with Gasteiger partial charge in [-0.2, -0.15) is 0 Å². The van der Waals surface area contributed by atoms with E-state index in [9.17, 15) is 14.7 Å². The summed E-state index contributed by atoms with van der Waals surface area (Å²) in [7, 11) is 1.58. The monoisotopic (exact) mass is 317 g/mol. The summed E-state index contributed by atoms with van der Waals surface area (Å²) < 4.78 is 11.0. The van der Waals surface area contributed by atoms with Gasteiger partial charge in [-0.1, -0.05) is 6.07 Å². The first-order valence-electron chi connectivity index (χ1n) is 7.88. The number of amides is 1. The van der Waals surface area contributed by atoms with Crippen molar-refractivity contribution in [3.63, 3.8) is 0 Å². The van der Waals surface area contributed by atoms with E-state index in [1.54, 1.807) is 18.1 Å². The fraction of sp³-hybridized carbons (Fsp3) is 0.529. The lowest BCUT2D eigenvalue weighted by Crippen LogP contribution is -2.46. The smallest absolute Gasteiger partial charge is 0.315 e. The molecule has 2 aliphatic heterocycles. The molecule has 0 spiro atoms. The van der Waals surface area contributed by atoms with Gasteiger partial charge >= 0.3 is 5.97 Å². The third kappa shape index (κ3) is 2.08. The van der Waals surface area contributed by atoms with Crippen molar-refractivity contribution in [2.45, 2.75) is 18.8 Å². The highest BCUT2D eigenvalue weighted by Gasteiger charge is 2.58. The van der Waals surface area contributed by atoms with E-state index in [2.05, 4.69) is 0 Å². The number of ether oxygens (including phenoxy) is 2. The molecule has 4 rings (SSSR count). The molecule has 1 aliphatic carbocycles. The molecule has 1 amide bonds. The van der Waals surface area contributed by atoms with Gasteiger partial charge in [-0.05, 0) is 18.9 Å². The molecule has 1 N–H and O–H groups in total. The van der Waals surface area contributed by atoms with Crippen LogP contribution in [0.4, 0.5) is 0 Å². The van der Waals surface area contributed by atoms with Gasteiger partial charge in [0, 0.05) is 36.6 Å². The Kier molecular flexibility index (Phi) is 3.04. The van der Waals surface area contributed by atoms with Crippen LogP contribution in [0.15, 0.2) is 18.2 Å². The number of rotatable bonds is 3. The molecule has 6 heteroatoms. The molecule has 122 valence electrons. The Hall–Kier alpha value is -2.24. The minimum absolute atomic E-state index is 0.0849. The molecule has 3 aliphatic rings. The standard InChI is InChI=1S/C17H19NO5/c1-22-11-4-5-12-13-7-18(15(19)10-2-3-10)8-17(13,16(20)21)9-23-14(12)6-11/h4-6,10,13H,2-3,7-9H2,1H3,(H,20,21)/t13-,17-/m1/s1. The second kappa shape index (κ2) is 4.88. The molecule has 1 saturated carbocycles. The van der Waals surface area contributed by atoms with Crippen LogP contribution < -0.4 is 9.47 Å². The predicted molar refractivity (Wildman–Crippen MR) is 80.6 cm³/mol. The second-order valence-corrected chi connectivity index (χ2v) is 6.70. The van der Waals surface area contributed by atoms with Crippen molar-refractivity contribution in [2.24, 2.45) is 11.3 Å². The van der Waals surface area contributed by atoms with Gasteiger partial charge in [-0.15, -0.1) is 0 Å². The molecular weight excluding hydrogens is 298 g/mol. The summed E-state index contributed by atoms with van der Waals surface area (Å²) in [4.78, 5) is 26.1. The maximum absolute atomic E-state index is 12.4. The number of carboxylic acid groups (broad SMARTS) is 1. The van der Waals surface area contributed by atoms with E-state index < -0.39 is 11.4 Å². The quantitative estimate of drug-likeness (QED) is 0.914. The number of carboxylic acids is 1. The van der Waals surface area contributed by atoms with Gasteiger partial charge in [0.05, 0.1) is 7.11 Å². The molecule has 1 aromatic carbocycles. The number of carbonyl (C=O) groups excluding carboxylic acids is 1. The number of nitrogens with zero attached hydrogens (tertiary/aromatic N) is 1. The van der Waals surface area contributed by atoms with Gasteiger partial charge in [0.1, 0.15) is 23.5 Å². The first kappa shape index (κ1) is 14.4. The number of aliphatic carboxylic acids is 1. The lowest BCUT2D eigenvalue weighted by molar-refractivity contribution is -0.152. The summed E-state index contributed by atoms with van der Waals surface area (Å²) in [5.74, 6) is 0.391. The maximum Gasteiger partial charge on any atom is 0.315 e. The zero-order chi connectivity index (χ0) is 16.2. The predicted octanol–water partition coefficient (Wildman–Crippen LogP) is 1.49. The van der Waals surface area contributed by atoms with E-state index in [0.29, 0.717) is 18.0 Å².